The fourth-order valence-corrected chi connectivity index (χ4v) is 2.76. The van der Waals surface area contributed by atoms with E-state index in [9.17, 15) is 4.79 Å². The van der Waals surface area contributed by atoms with Crippen molar-refractivity contribution in [3.8, 4) is 0 Å². The molecule has 5 heteroatoms. The van der Waals surface area contributed by atoms with Crippen LogP contribution in [0, 0.1) is 0 Å². The first kappa shape index (κ1) is 16.7. The predicted molar refractivity (Wildman–Crippen MR) is 90.2 cm³/mol. The van der Waals surface area contributed by atoms with Gasteiger partial charge in [0, 0.05) is 18.8 Å². The molecule has 1 fully saturated rings. The van der Waals surface area contributed by atoms with Gasteiger partial charge in [-0.25, -0.2) is 4.98 Å². The average molecular weight is 304 g/mol. The Bertz CT molecular complexity index is 452. The topological polar surface area (TPSA) is 57.3 Å². The van der Waals surface area contributed by atoms with Gasteiger partial charge in [-0.2, -0.15) is 0 Å². The molecule has 2 N–H and O–H groups in total. The second-order valence-electron chi connectivity index (χ2n) is 6.32. The van der Waals surface area contributed by atoms with E-state index < -0.39 is 0 Å². The minimum atomic E-state index is -0.00134. The third-order valence-electron chi connectivity index (χ3n) is 4.05. The van der Waals surface area contributed by atoms with Crippen molar-refractivity contribution in [1.82, 2.24) is 15.2 Å². The van der Waals surface area contributed by atoms with Crippen LogP contribution < -0.4 is 10.6 Å². The lowest BCUT2D eigenvalue weighted by Crippen LogP contribution is -2.36. The SMILES string of the molecule is CN(C)CCCNc1ccc(C(=O)NC2CCCCC2)cn1. The Hall–Kier alpha value is -1.62. The summed E-state index contributed by atoms with van der Waals surface area (Å²) >= 11 is 0. The third-order valence-corrected chi connectivity index (χ3v) is 4.05. The van der Waals surface area contributed by atoms with E-state index in [0.29, 0.717) is 11.6 Å². The summed E-state index contributed by atoms with van der Waals surface area (Å²) in [5.74, 6) is 0.825. The van der Waals surface area contributed by atoms with Gasteiger partial charge in [0.2, 0.25) is 0 Å². The molecule has 5 nitrogen and oxygen atoms in total. The van der Waals surface area contributed by atoms with E-state index in [0.717, 1.165) is 38.2 Å². The Morgan fingerprint density at radius 1 is 1.27 bits per heavy atom. The van der Waals surface area contributed by atoms with Crippen molar-refractivity contribution in [2.24, 2.45) is 0 Å². The molecule has 0 spiro atoms. The highest BCUT2D eigenvalue weighted by molar-refractivity contribution is 5.94. The zero-order chi connectivity index (χ0) is 15.8. The Balaban J connectivity index is 1.76. The quantitative estimate of drug-likeness (QED) is 0.760. The van der Waals surface area contributed by atoms with Crippen LogP contribution in [0.2, 0.25) is 0 Å². The normalized spacial score (nSPS) is 15.8. The van der Waals surface area contributed by atoms with Crippen LogP contribution in [0.1, 0.15) is 48.9 Å². The van der Waals surface area contributed by atoms with Crippen LogP contribution in [-0.4, -0.2) is 49.0 Å². The maximum atomic E-state index is 12.2. The molecule has 0 saturated heterocycles. The molecule has 0 aliphatic heterocycles. The zero-order valence-corrected chi connectivity index (χ0v) is 13.8. The maximum absolute atomic E-state index is 12.2. The lowest BCUT2D eigenvalue weighted by Gasteiger charge is -2.22. The molecule has 1 aliphatic rings. The Morgan fingerprint density at radius 3 is 2.68 bits per heavy atom. The molecule has 1 aromatic heterocycles. The maximum Gasteiger partial charge on any atom is 0.253 e. The van der Waals surface area contributed by atoms with Crippen LogP contribution in [0.25, 0.3) is 0 Å². The number of rotatable bonds is 7. The number of pyridine rings is 1. The number of carbonyl (C=O) groups is 1. The monoisotopic (exact) mass is 304 g/mol. The van der Waals surface area contributed by atoms with Crippen LogP contribution in [-0.2, 0) is 0 Å². The number of amides is 1. The van der Waals surface area contributed by atoms with Crippen molar-refractivity contribution in [3.63, 3.8) is 0 Å². The first-order valence-electron chi connectivity index (χ1n) is 8.30. The lowest BCUT2D eigenvalue weighted by molar-refractivity contribution is 0.0927. The van der Waals surface area contributed by atoms with Crippen LogP contribution >= 0.6 is 0 Å². The molecule has 0 aromatic carbocycles. The number of nitrogens with one attached hydrogen (secondary N) is 2. The van der Waals surface area contributed by atoms with Crippen molar-refractivity contribution in [2.45, 2.75) is 44.6 Å². The molecule has 1 aromatic rings. The molecule has 2 rings (SSSR count). The molecule has 122 valence electrons. The molecular weight excluding hydrogens is 276 g/mol. The summed E-state index contributed by atoms with van der Waals surface area (Å²) < 4.78 is 0. The molecule has 0 unspecified atom stereocenters. The molecular formula is C17H28N4O. The van der Waals surface area contributed by atoms with E-state index >= 15 is 0 Å². The molecule has 1 heterocycles. The molecule has 1 aliphatic carbocycles. The van der Waals surface area contributed by atoms with Gasteiger partial charge in [-0.1, -0.05) is 19.3 Å². The van der Waals surface area contributed by atoms with Crippen LogP contribution in [0.4, 0.5) is 5.82 Å². The fraction of sp³-hybridized carbons (Fsp3) is 0.647. The van der Waals surface area contributed by atoms with Crippen LogP contribution in [0.5, 0.6) is 0 Å². The van der Waals surface area contributed by atoms with Gasteiger partial charge in [0.05, 0.1) is 5.56 Å². The summed E-state index contributed by atoms with van der Waals surface area (Å²) in [7, 11) is 4.13. The smallest absolute Gasteiger partial charge is 0.253 e. The van der Waals surface area contributed by atoms with E-state index in [-0.39, 0.29) is 5.91 Å². The highest BCUT2D eigenvalue weighted by atomic mass is 16.1. The molecule has 22 heavy (non-hydrogen) atoms. The van der Waals surface area contributed by atoms with E-state index in [1.54, 1.807) is 6.20 Å². The van der Waals surface area contributed by atoms with Gasteiger partial charge in [-0.15, -0.1) is 0 Å². The van der Waals surface area contributed by atoms with Crippen LogP contribution in [0.15, 0.2) is 18.3 Å². The zero-order valence-electron chi connectivity index (χ0n) is 13.8. The molecule has 0 radical (unpaired) electrons. The van der Waals surface area contributed by atoms with E-state index in [1.165, 1.54) is 19.3 Å². The number of hydrogen-bond donors (Lipinski definition) is 2. The summed E-state index contributed by atoms with van der Waals surface area (Å²) in [5.41, 5.74) is 0.643. The standard InChI is InChI=1S/C17H28N4O/c1-21(2)12-6-11-18-16-10-9-14(13-19-16)17(22)20-15-7-4-3-5-8-15/h9-10,13,15H,3-8,11-12H2,1-2H3,(H,18,19)(H,20,22). The molecule has 0 bridgehead atoms. The van der Waals surface area contributed by atoms with Crippen molar-refractivity contribution in [3.05, 3.63) is 23.9 Å². The van der Waals surface area contributed by atoms with Crippen LogP contribution in [0.3, 0.4) is 0 Å². The second kappa shape index (κ2) is 8.73. The number of carbonyl (C=O) groups excluding carboxylic acids is 1. The van der Waals surface area contributed by atoms with E-state index in [4.69, 9.17) is 0 Å². The largest absolute Gasteiger partial charge is 0.370 e. The first-order valence-corrected chi connectivity index (χ1v) is 8.30. The Labute approximate surface area is 133 Å². The molecule has 1 saturated carbocycles. The van der Waals surface area contributed by atoms with Crippen molar-refractivity contribution < 1.29 is 4.79 Å². The van der Waals surface area contributed by atoms with E-state index in [1.807, 2.05) is 12.1 Å². The Morgan fingerprint density at radius 2 is 2.05 bits per heavy atom. The predicted octanol–water partition coefficient (Wildman–Crippen LogP) is 2.51. The Kier molecular flexibility index (Phi) is 6.65. The van der Waals surface area contributed by atoms with Gasteiger partial charge in [-0.05, 0) is 52.0 Å². The van der Waals surface area contributed by atoms with Crippen molar-refractivity contribution >= 4 is 11.7 Å². The summed E-state index contributed by atoms with van der Waals surface area (Å²) in [6.07, 6.45) is 8.67. The lowest BCUT2D eigenvalue weighted by atomic mass is 9.95. The van der Waals surface area contributed by atoms with Gasteiger partial charge in [0.25, 0.3) is 5.91 Å². The summed E-state index contributed by atoms with van der Waals surface area (Å²) in [4.78, 5) is 18.7. The van der Waals surface area contributed by atoms with E-state index in [2.05, 4.69) is 34.6 Å². The minimum Gasteiger partial charge on any atom is -0.370 e. The highest BCUT2D eigenvalue weighted by Gasteiger charge is 2.16. The van der Waals surface area contributed by atoms with Gasteiger partial charge in [0.1, 0.15) is 5.82 Å². The first-order chi connectivity index (χ1) is 10.6. The number of nitrogens with zero attached hydrogens (tertiary/aromatic N) is 2. The van der Waals surface area contributed by atoms with Gasteiger partial charge < -0.3 is 15.5 Å². The summed E-state index contributed by atoms with van der Waals surface area (Å²) in [6, 6.07) is 4.07. The molecule has 1 amide bonds. The van der Waals surface area contributed by atoms with Gasteiger partial charge in [-0.3, -0.25) is 4.79 Å². The molecule has 0 atom stereocenters. The second-order valence-corrected chi connectivity index (χ2v) is 6.32. The van der Waals surface area contributed by atoms with Gasteiger partial charge >= 0.3 is 0 Å². The number of anilines is 1. The number of hydrogen-bond acceptors (Lipinski definition) is 4. The van der Waals surface area contributed by atoms with Crippen molar-refractivity contribution in [1.29, 1.82) is 0 Å². The minimum absolute atomic E-state index is 0.00134. The number of aromatic nitrogens is 1. The summed E-state index contributed by atoms with van der Waals surface area (Å²) in [6.45, 7) is 1.94. The fourth-order valence-electron chi connectivity index (χ4n) is 2.76. The average Bonchev–Trinajstić information content (AvgIpc) is 2.53. The highest BCUT2D eigenvalue weighted by Crippen LogP contribution is 2.17. The van der Waals surface area contributed by atoms with Gasteiger partial charge in [0.15, 0.2) is 0 Å². The van der Waals surface area contributed by atoms with Crippen molar-refractivity contribution in [2.75, 3.05) is 32.5 Å². The third kappa shape index (κ3) is 5.64. The summed E-state index contributed by atoms with van der Waals surface area (Å²) in [5, 5.41) is 6.39.